The number of nitrogens with one attached hydrogen (secondary N) is 1. The van der Waals surface area contributed by atoms with E-state index < -0.39 is 9.84 Å². The molecule has 5 nitrogen and oxygen atoms in total. The van der Waals surface area contributed by atoms with Gasteiger partial charge in [0.25, 0.3) is 0 Å². The number of benzene rings is 2. The first-order valence-corrected chi connectivity index (χ1v) is 12.5. The van der Waals surface area contributed by atoms with Gasteiger partial charge in [-0.15, -0.1) is 0 Å². The average molecular weight is 442 g/mol. The molecule has 1 aliphatic carbocycles. The molecule has 3 aromatic rings. The minimum atomic E-state index is -3.11. The Morgan fingerprint density at radius 1 is 1.00 bits per heavy atom. The van der Waals surface area contributed by atoms with E-state index in [2.05, 4.69) is 5.32 Å². The molecule has 1 heterocycles. The second-order valence-electron chi connectivity index (χ2n) is 7.73. The standard InChI is InChI=1S/C23H24ClN3O2S/c1-30(28,29)15-18-8-3-2-7-17(18)14-25-23-20-11-4-5-12-21(20)26-22(27-23)16-9-6-10-19(24)13-16/h2-3,6-10,13H,4-5,11-12,14-15H2,1H3,(H,25,26,27). The van der Waals surface area contributed by atoms with Gasteiger partial charge in [0.2, 0.25) is 0 Å². The highest BCUT2D eigenvalue weighted by atomic mass is 35.5. The number of hydrogen-bond donors (Lipinski definition) is 1. The van der Waals surface area contributed by atoms with Crippen LogP contribution in [0.15, 0.2) is 48.5 Å². The van der Waals surface area contributed by atoms with Gasteiger partial charge in [0, 0.05) is 34.6 Å². The molecular weight excluding hydrogens is 418 g/mol. The smallest absolute Gasteiger partial charge is 0.161 e. The van der Waals surface area contributed by atoms with E-state index in [-0.39, 0.29) is 5.75 Å². The molecule has 0 saturated heterocycles. The summed E-state index contributed by atoms with van der Waals surface area (Å²) in [4.78, 5) is 9.63. The fourth-order valence-electron chi connectivity index (χ4n) is 3.83. The molecule has 156 valence electrons. The number of rotatable bonds is 6. The van der Waals surface area contributed by atoms with Crippen molar-refractivity contribution in [1.29, 1.82) is 0 Å². The number of fused-ring (bicyclic) bond motifs is 1. The third-order valence-corrected chi connectivity index (χ3v) is 6.32. The molecule has 0 amide bonds. The molecule has 0 aliphatic heterocycles. The second kappa shape index (κ2) is 8.74. The Kier molecular flexibility index (Phi) is 6.06. The summed E-state index contributed by atoms with van der Waals surface area (Å²) >= 11 is 6.17. The Bertz CT molecular complexity index is 1180. The topological polar surface area (TPSA) is 72.0 Å². The summed E-state index contributed by atoms with van der Waals surface area (Å²) < 4.78 is 23.6. The predicted molar refractivity (Wildman–Crippen MR) is 121 cm³/mol. The fourth-order valence-corrected chi connectivity index (χ4v) is 4.87. The minimum Gasteiger partial charge on any atom is -0.366 e. The second-order valence-corrected chi connectivity index (χ2v) is 10.3. The molecule has 1 aromatic heterocycles. The molecular formula is C23H24ClN3O2S. The quantitative estimate of drug-likeness (QED) is 0.593. The van der Waals surface area contributed by atoms with Crippen LogP contribution in [0.3, 0.4) is 0 Å². The number of nitrogens with zero attached hydrogens (tertiary/aromatic N) is 2. The van der Waals surface area contributed by atoms with Crippen LogP contribution in [0.5, 0.6) is 0 Å². The average Bonchev–Trinajstić information content (AvgIpc) is 2.71. The van der Waals surface area contributed by atoms with Gasteiger partial charge in [0.05, 0.1) is 5.75 Å². The van der Waals surface area contributed by atoms with E-state index in [0.29, 0.717) is 17.4 Å². The highest BCUT2D eigenvalue weighted by Crippen LogP contribution is 2.30. The third-order valence-electron chi connectivity index (χ3n) is 5.25. The summed E-state index contributed by atoms with van der Waals surface area (Å²) in [5.74, 6) is 1.51. The minimum absolute atomic E-state index is 0.0283. The van der Waals surface area contributed by atoms with Crippen molar-refractivity contribution in [2.24, 2.45) is 0 Å². The van der Waals surface area contributed by atoms with Crippen molar-refractivity contribution in [2.45, 2.75) is 38.0 Å². The number of halogens is 1. The maximum Gasteiger partial charge on any atom is 0.161 e. The number of aryl methyl sites for hydroxylation is 1. The molecule has 1 N–H and O–H groups in total. The lowest BCUT2D eigenvalue weighted by Crippen LogP contribution is -2.14. The largest absolute Gasteiger partial charge is 0.366 e. The van der Waals surface area contributed by atoms with Crippen LogP contribution in [-0.2, 0) is 35.0 Å². The molecule has 0 saturated carbocycles. The predicted octanol–water partition coefficient (Wildman–Crippen LogP) is 4.83. The number of aromatic nitrogens is 2. The lowest BCUT2D eigenvalue weighted by molar-refractivity contribution is 0.601. The van der Waals surface area contributed by atoms with Gasteiger partial charge in [-0.3, -0.25) is 0 Å². The Morgan fingerprint density at radius 3 is 2.53 bits per heavy atom. The van der Waals surface area contributed by atoms with Crippen LogP contribution in [0.2, 0.25) is 5.02 Å². The van der Waals surface area contributed by atoms with E-state index in [1.165, 1.54) is 6.26 Å². The summed E-state index contributed by atoms with van der Waals surface area (Å²) in [6.45, 7) is 0.504. The zero-order valence-corrected chi connectivity index (χ0v) is 18.4. The van der Waals surface area contributed by atoms with Crippen LogP contribution in [0.1, 0.15) is 35.2 Å². The van der Waals surface area contributed by atoms with Gasteiger partial charge < -0.3 is 5.32 Å². The van der Waals surface area contributed by atoms with Gasteiger partial charge >= 0.3 is 0 Å². The highest BCUT2D eigenvalue weighted by molar-refractivity contribution is 7.89. The molecule has 0 spiro atoms. The van der Waals surface area contributed by atoms with Crippen molar-refractivity contribution in [3.8, 4) is 11.4 Å². The van der Waals surface area contributed by atoms with E-state index in [9.17, 15) is 8.42 Å². The van der Waals surface area contributed by atoms with Crippen molar-refractivity contribution in [3.05, 3.63) is 75.9 Å². The van der Waals surface area contributed by atoms with E-state index in [4.69, 9.17) is 21.6 Å². The van der Waals surface area contributed by atoms with Crippen LogP contribution < -0.4 is 5.32 Å². The van der Waals surface area contributed by atoms with Gasteiger partial charge in [-0.25, -0.2) is 18.4 Å². The van der Waals surface area contributed by atoms with Gasteiger partial charge in [0.15, 0.2) is 15.7 Å². The van der Waals surface area contributed by atoms with E-state index in [1.807, 2.05) is 48.5 Å². The molecule has 2 aromatic carbocycles. The first-order valence-electron chi connectivity index (χ1n) is 10.0. The highest BCUT2D eigenvalue weighted by Gasteiger charge is 2.19. The van der Waals surface area contributed by atoms with Gasteiger partial charge in [-0.2, -0.15) is 0 Å². The molecule has 0 unspecified atom stereocenters. The molecule has 1 aliphatic rings. The molecule has 7 heteroatoms. The maximum absolute atomic E-state index is 11.8. The van der Waals surface area contributed by atoms with Crippen LogP contribution >= 0.6 is 11.6 Å². The van der Waals surface area contributed by atoms with Crippen molar-refractivity contribution >= 4 is 27.3 Å². The van der Waals surface area contributed by atoms with Gasteiger partial charge in [-0.05, 0) is 48.9 Å². The summed E-state index contributed by atoms with van der Waals surface area (Å²) in [5.41, 5.74) is 4.89. The first kappa shape index (κ1) is 20.8. The number of anilines is 1. The molecule has 0 atom stereocenters. The van der Waals surface area contributed by atoms with Gasteiger partial charge in [-0.1, -0.05) is 48.0 Å². The maximum atomic E-state index is 11.8. The fraction of sp³-hybridized carbons (Fsp3) is 0.304. The SMILES string of the molecule is CS(=O)(=O)Cc1ccccc1CNc1nc(-c2cccc(Cl)c2)nc2c1CCCC2. The summed E-state index contributed by atoms with van der Waals surface area (Å²) in [7, 11) is -3.11. The monoisotopic (exact) mass is 441 g/mol. The molecule has 4 rings (SSSR count). The Labute approximate surface area is 182 Å². The summed E-state index contributed by atoms with van der Waals surface area (Å²) in [6, 6.07) is 15.2. The Balaban J connectivity index is 1.67. The lowest BCUT2D eigenvalue weighted by atomic mass is 9.96. The molecule has 0 fully saturated rings. The van der Waals surface area contributed by atoms with E-state index in [1.54, 1.807) is 0 Å². The summed E-state index contributed by atoms with van der Waals surface area (Å²) in [6.07, 6.45) is 5.38. The normalized spacial score (nSPS) is 13.7. The Hall–Kier alpha value is -2.44. The van der Waals surface area contributed by atoms with Crippen molar-refractivity contribution in [3.63, 3.8) is 0 Å². The van der Waals surface area contributed by atoms with Crippen LogP contribution in [-0.4, -0.2) is 24.6 Å². The van der Waals surface area contributed by atoms with Crippen molar-refractivity contribution in [1.82, 2.24) is 9.97 Å². The third kappa shape index (κ3) is 4.99. The summed E-state index contributed by atoms with van der Waals surface area (Å²) in [5, 5.41) is 4.11. The van der Waals surface area contributed by atoms with Crippen LogP contribution in [0.4, 0.5) is 5.82 Å². The van der Waals surface area contributed by atoms with Crippen LogP contribution in [0.25, 0.3) is 11.4 Å². The molecule has 0 bridgehead atoms. The zero-order valence-electron chi connectivity index (χ0n) is 16.9. The zero-order chi connectivity index (χ0) is 21.1. The van der Waals surface area contributed by atoms with Crippen LogP contribution in [0, 0.1) is 0 Å². The van der Waals surface area contributed by atoms with Crippen molar-refractivity contribution in [2.75, 3.05) is 11.6 Å². The molecule has 30 heavy (non-hydrogen) atoms. The Morgan fingerprint density at radius 2 is 1.77 bits per heavy atom. The van der Waals surface area contributed by atoms with Crippen molar-refractivity contribution < 1.29 is 8.42 Å². The van der Waals surface area contributed by atoms with E-state index in [0.717, 1.165) is 59.4 Å². The van der Waals surface area contributed by atoms with Gasteiger partial charge in [0.1, 0.15) is 5.82 Å². The lowest BCUT2D eigenvalue weighted by Gasteiger charge is -2.20. The first-order chi connectivity index (χ1) is 14.4. The molecule has 0 radical (unpaired) electrons. The number of sulfone groups is 1. The number of hydrogen-bond acceptors (Lipinski definition) is 5. The van der Waals surface area contributed by atoms with E-state index >= 15 is 0 Å².